The number of aromatic nitrogens is 6. The molecular weight excluding hydrogens is 1140 g/mol. The van der Waals surface area contributed by atoms with Crippen molar-refractivity contribution in [3.05, 3.63) is 212 Å². The molecule has 0 aliphatic carbocycles. The molecule has 0 N–H and O–H groups in total. The molecule has 0 spiro atoms. The molecule has 440 valence electrons. The molecule has 0 radical (unpaired) electrons. The largest absolute Gasteiger partial charge is 0.496 e. The molecule has 0 saturated heterocycles. The van der Waals surface area contributed by atoms with Gasteiger partial charge in [0.2, 0.25) is 11.8 Å². The molecule has 10 rings (SSSR count). The average molecular weight is 1190 g/mol. The number of nitriles is 2. The lowest BCUT2D eigenvalue weighted by Crippen LogP contribution is -2.14. The number of nitrogens with zero attached hydrogens (tertiary/aromatic N) is 8. The van der Waals surface area contributed by atoms with E-state index in [1.807, 2.05) is 12.1 Å². The van der Waals surface area contributed by atoms with Crippen molar-refractivity contribution in [1.82, 2.24) is 29.1 Å². The second kappa shape index (κ2) is 26.1. The molecule has 0 bridgehead atoms. The summed E-state index contributed by atoms with van der Waals surface area (Å²) in [5.41, 5.74) is 1.30. The van der Waals surface area contributed by atoms with E-state index in [0.717, 1.165) is 36.4 Å². The van der Waals surface area contributed by atoms with Crippen LogP contribution in [0.15, 0.2) is 121 Å². The molecule has 4 heterocycles. The van der Waals surface area contributed by atoms with Gasteiger partial charge >= 0.3 is 11.9 Å². The molecule has 0 fully saturated rings. The van der Waals surface area contributed by atoms with E-state index in [9.17, 15) is 18.4 Å². The van der Waals surface area contributed by atoms with Crippen LogP contribution in [0.5, 0.6) is 23.3 Å². The van der Waals surface area contributed by atoms with Crippen LogP contribution in [0, 0.1) is 57.6 Å². The highest BCUT2D eigenvalue weighted by molar-refractivity contribution is 6.05. The number of hydrogen-bond donors (Lipinski definition) is 0. The van der Waals surface area contributed by atoms with Crippen molar-refractivity contribution in [3.63, 3.8) is 0 Å². The van der Waals surface area contributed by atoms with Crippen molar-refractivity contribution < 1.29 is 69.1 Å². The van der Waals surface area contributed by atoms with Gasteiger partial charge in [0.1, 0.15) is 71.3 Å². The first-order valence-electron chi connectivity index (χ1n) is 26.5. The average Bonchev–Trinajstić information content (AvgIpc) is 2.64. The summed E-state index contributed by atoms with van der Waals surface area (Å²) in [6.07, 6.45) is -0.429. The first-order valence-corrected chi connectivity index (χ1v) is 26.5. The fraction of sp³-hybridized carbons (Fsp3) is 0.188. The Kier molecular flexibility index (Phi) is 17.9. The summed E-state index contributed by atoms with van der Waals surface area (Å²) in [5.74, 6) is -5.85. The van der Waals surface area contributed by atoms with Crippen molar-refractivity contribution in [2.75, 3.05) is 41.7 Å². The van der Waals surface area contributed by atoms with Gasteiger partial charge in [-0.15, -0.1) is 0 Å². The minimum Gasteiger partial charge on any atom is -0.496 e. The summed E-state index contributed by atoms with van der Waals surface area (Å²) in [7, 11) is 5.67. The van der Waals surface area contributed by atoms with Gasteiger partial charge in [0.15, 0.2) is 0 Å². The predicted molar refractivity (Wildman–Crippen MR) is 302 cm³/mol. The van der Waals surface area contributed by atoms with Crippen molar-refractivity contribution >= 4 is 34.0 Å². The van der Waals surface area contributed by atoms with E-state index in [1.54, 1.807) is 9.13 Å². The van der Waals surface area contributed by atoms with E-state index in [-0.39, 0.29) is 154 Å². The number of hydrogen-bond acceptors (Lipinski definition) is 15. The van der Waals surface area contributed by atoms with Crippen molar-refractivity contribution in [2.24, 2.45) is 0 Å². The first-order chi connectivity index (χ1) is 42.1. The quantitative estimate of drug-likeness (QED) is 0.0351. The maximum absolute atomic E-state index is 16.1. The van der Waals surface area contributed by atoms with Gasteiger partial charge in [-0.2, -0.15) is 10.5 Å². The molecule has 0 atom stereocenters. The summed E-state index contributed by atoms with van der Waals surface area (Å²) >= 11 is 0. The summed E-state index contributed by atoms with van der Waals surface area (Å²) in [4.78, 5) is 45.6. The maximum Gasteiger partial charge on any atom is 0.346 e. The molecule has 0 aliphatic rings. The van der Waals surface area contributed by atoms with Gasteiger partial charge in [-0.25, -0.2) is 55.9 Å². The lowest BCUT2D eigenvalue weighted by Gasteiger charge is -2.13. The highest BCUT2D eigenvalue weighted by atomic mass is 19.1. The number of halogens is 6. The number of pyridine rings is 2. The lowest BCUT2D eigenvalue weighted by molar-refractivity contribution is 0.0397. The van der Waals surface area contributed by atoms with Crippen LogP contribution in [0.4, 0.5) is 26.3 Å². The Morgan fingerprint density at radius 2 is 0.885 bits per heavy atom. The lowest BCUT2D eigenvalue weighted by atomic mass is 10.0. The van der Waals surface area contributed by atoms with Gasteiger partial charge in [0, 0.05) is 86.7 Å². The fourth-order valence-electron chi connectivity index (χ4n) is 9.51. The Labute approximate surface area is 492 Å². The van der Waals surface area contributed by atoms with Crippen molar-refractivity contribution in [2.45, 2.75) is 39.1 Å². The Bertz CT molecular complexity index is 4130. The zero-order chi connectivity index (χ0) is 61.5. The van der Waals surface area contributed by atoms with Crippen LogP contribution in [0.25, 0.3) is 44.6 Å². The van der Waals surface area contributed by atoms with Gasteiger partial charge in [-0.3, -0.25) is 0 Å². The zero-order valence-electron chi connectivity index (χ0n) is 46.7. The molecule has 6 aromatic carbocycles. The van der Waals surface area contributed by atoms with Gasteiger partial charge in [-0.05, 0) is 96.1 Å². The SMILES string of the molecule is COCCn1c(Cc2cc(F)c(-c3cc(OC)cc(OCc4ccc(C#N)cc4F)n3)cc2F)nc2ccc(C(=O)OC(=O)c3ccc4nc(Cc5cc(F)c(-c6cc(OC)cc(OCc7ccc(C#N)cc7F)n6)cc5F)n(CCOC)c4c3)cc21. The van der Waals surface area contributed by atoms with E-state index < -0.39 is 46.8 Å². The Morgan fingerprint density at radius 1 is 0.471 bits per heavy atom. The Hall–Kier alpha value is -10.6. The highest BCUT2D eigenvalue weighted by Crippen LogP contribution is 2.34. The van der Waals surface area contributed by atoms with Crippen LogP contribution >= 0.6 is 0 Å². The Balaban J connectivity index is 0.853. The monoisotopic (exact) mass is 1190 g/mol. The third-order valence-corrected chi connectivity index (χ3v) is 14.0. The van der Waals surface area contributed by atoms with Gasteiger partial charge < -0.3 is 42.3 Å². The molecule has 0 unspecified atom stereocenters. The maximum atomic E-state index is 16.1. The van der Waals surface area contributed by atoms with Crippen molar-refractivity contribution in [1.29, 1.82) is 10.5 Å². The number of fused-ring (bicyclic) bond motifs is 2. The first kappa shape index (κ1) is 59.5. The zero-order valence-corrected chi connectivity index (χ0v) is 46.7. The number of rotatable bonds is 22. The summed E-state index contributed by atoms with van der Waals surface area (Å²) in [6, 6.07) is 29.8. The summed E-state index contributed by atoms with van der Waals surface area (Å²) < 4.78 is 135. The molecule has 87 heavy (non-hydrogen) atoms. The van der Waals surface area contributed by atoms with E-state index in [0.29, 0.717) is 22.1 Å². The normalized spacial score (nSPS) is 11.2. The van der Waals surface area contributed by atoms with E-state index in [1.165, 1.54) is 113 Å². The summed E-state index contributed by atoms with van der Waals surface area (Å²) in [6.45, 7) is 0.0726. The topological polar surface area (TPSA) is 208 Å². The molecular formula is C64H48F6N8O9. The van der Waals surface area contributed by atoms with Crippen LogP contribution in [-0.2, 0) is 53.4 Å². The molecule has 0 saturated carbocycles. The molecule has 0 aliphatic heterocycles. The second-order valence-corrected chi connectivity index (χ2v) is 19.5. The number of imidazole rings is 2. The second-order valence-electron chi connectivity index (χ2n) is 19.5. The van der Waals surface area contributed by atoms with Crippen LogP contribution in [0.1, 0.15) is 65.7 Å². The van der Waals surface area contributed by atoms with E-state index in [4.69, 9.17) is 43.7 Å². The molecule has 23 heteroatoms. The highest BCUT2D eigenvalue weighted by Gasteiger charge is 2.24. The number of carbonyl (C=O) groups is 2. The summed E-state index contributed by atoms with van der Waals surface area (Å²) in [5, 5.41) is 18.2. The fourth-order valence-corrected chi connectivity index (χ4v) is 9.51. The molecule has 0 amide bonds. The van der Waals surface area contributed by atoms with Crippen LogP contribution in [0.2, 0.25) is 0 Å². The van der Waals surface area contributed by atoms with Crippen molar-refractivity contribution in [3.8, 4) is 57.9 Å². The number of carbonyl (C=O) groups excluding carboxylic acids is 2. The van der Waals surface area contributed by atoms with Gasteiger partial charge in [0.05, 0.1) is 95.3 Å². The smallest absolute Gasteiger partial charge is 0.346 e. The van der Waals surface area contributed by atoms with Crippen LogP contribution < -0.4 is 18.9 Å². The molecule has 17 nitrogen and oxygen atoms in total. The third-order valence-electron chi connectivity index (χ3n) is 14.0. The van der Waals surface area contributed by atoms with Crippen LogP contribution in [-0.4, -0.2) is 82.7 Å². The number of ether oxygens (including phenoxy) is 7. The van der Waals surface area contributed by atoms with Crippen LogP contribution in [0.3, 0.4) is 0 Å². The third kappa shape index (κ3) is 13.2. The standard InChI is InChI=1S/C64H48F6N8O9/c1-81-15-13-77-57-21-37(9-11-53(57)73-59(77)23-41-19-51(69)45(29-49(41)67)55-25-43(83-3)27-61(75-55)85-33-39-7-5-35(31-71)17-47(39)65)63(79)87-64(80)38-10-12-54-58(22-38)78(14-16-82-2)60(74-54)24-42-20-52(70)46(30-50(42)68)56-26-44(84-4)28-62(76-56)86-34-40-8-6-36(32-72)18-48(40)66/h5-12,17-22,25-30H,13-16,23-24,33-34H2,1-4H3. The predicted octanol–water partition coefficient (Wildman–Crippen LogP) is 11.7. The molecule has 10 aromatic rings. The van der Waals surface area contributed by atoms with Gasteiger partial charge in [-0.1, -0.05) is 12.1 Å². The molecule has 4 aromatic heterocycles. The minimum absolute atomic E-state index is 0.0402. The number of benzene rings is 6. The van der Waals surface area contributed by atoms with E-state index in [2.05, 4.69) is 19.9 Å². The minimum atomic E-state index is -1.02. The number of esters is 2. The Morgan fingerprint density at radius 3 is 1.26 bits per heavy atom. The number of methoxy groups -OCH3 is 4. The van der Waals surface area contributed by atoms with Gasteiger partial charge in [0.25, 0.3) is 0 Å². The van der Waals surface area contributed by atoms with E-state index >= 15 is 17.6 Å².